The fourth-order valence-corrected chi connectivity index (χ4v) is 4.59. The number of amides is 1. The van der Waals surface area contributed by atoms with Gasteiger partial charge in [0, 0.05) is 17.3 Å². The van der Waals surface area contributed by atoms with Crippen LogP contribution in [-0.2, 0) is 23.9 Å². The second-order valence-corrected chi connectivity index (χ2v) is 8.82. The minimum absolute atomic E-state index is 0.0721. The van der Waals surface area contributed by atoms with Crippen LogP contribution in [0.4, 0.5) is 13.2 Å². The number of alkyl halides is 3. The summed E-state index contributed by atoms with van der Waals surface area (Å²) in [5.74, 6) is -0.509. The van der Waals surface area contributed by atoms with Crippen LogP contribution in [0.25, 0.3) is 33.1 Å². The number of aryl methyl sites for hydroxylation is 1. The van der Waals surface area contributed by atoms with Crippen molar-refractivity contribution in [2.45, 2.75) is 31.9 Å². The fraction of sp³-hybridized carbons (Fsp3) is 0.391. The van der Waals surface area contributed by atoms with Gasteiger partial charge < -0.3 is 4.90 Å². The van der Waals surface area contributed by atoms with E-state index in [-0.39, 0.29) is 17.0 Å². The normalized spacial score (nSPS) is 14.1. The molecule has 0 bridgehead atoms. The SMILES string of the molecule is CN(C)CCONC(=O)c1n[nH]c2ccc3nc(-c4cn[nH]c4C(F)(F)F)c4c(c3c12)CCCC4. The summed E-state index contributed by atoms with van der Waals surface area (Å²) >= 11 is 0. The highest BCUT2D eigenvalue weighted by Gasteiger charge is 2.37. The highest BCUT2D eigenvalue weighted by atomic mass is 19.4. The molecular formula is C23H24F3N7O2. The molecule has 3 heterocycles. The molecule has 1 aliphatic carbocycles. The number of aromatic amines is 2. The minimum Gasteiger partial charge on any atom is -0.307 e. The number of benzene rings is 1. The lowest BCUT2D eigenvalue weighted by atomic mass is 9.85. The van der Waals surface area contributed by atoms with E-state index in [1.165, 1.54) is 6.20 Å². The lowest BCUT2D eigenvalue weighted by molar-refractivity contribution is -0.140. The summed E-state index contributed by atoms with van der Waals surface area (Å²) in [6, 6.07) is 3.46. The molecular weight excluding hydrogens is 463 g/mol. The smallest absolute Gasteiger partial charge is 0.307 e. The third kappa shape index (κ3) is 4.23. The Kier molecular flexibility index (Phi) is 5.93. The number of nitrogens with zero attached hydrogens (tertiary/aromatic N) is 4. The molecule has 4 aromatic rings. The van der Waals surface area contributed by atoms with Crippen LogP contribution in [0, 0.1) is 0 Å². The van der Waals surface area contributed by atoms with E-state index in [1.807, 2.05) is 19.0 Å². The van der Waals surface area contributed by atoms with Crippen molar-refractivity contribution in [2.75, 3.05) is 27.2 Å². The topological polar surface area (TPSA) is 112 Å². The van der Waals surface area contributed by atoms with E-state index in [0.29, 0.717) is 42.4 Å². The molecule has 0 spiro atoms. The zero-order valence-electron chi connectivity index (χ0n) is 19.2. The summed E-state index contributed by atoms with van der Waals surface area (Å²) in [6.07, 6.45) is -0.458. The maximum absolute atomic E-state index is 13.6. The third-order valence-corrected chi connectivity index (χ3v) is 6.19. The Bertz CT molecular complexity index is 1410. The van der Waals surface area contributed by atoms with Crippen LogP contribution in [0.3, 0.4) is 0 Å². The Balaban J connectivity index is 1.66. The molecule has 0 fully saturated rings. The number of halogens is 3. The molecule has 5 rings (SSSR count). The lowest BCUT2D eigenvalue weighted by Gasteiger charge is -2.22. The molecule has 1 aromatic carbocycles. The molecule has 9 nitrogen and oxygen atoms in total. The molecule has 1 amide bonds. The van der Waals surface area contributed by atoms with Crippen LogP contribution in [0.1, 0.15) is 40.2 Å². The Morgan fingerprint density at radius 2 is 1.91 bits per heavy atom. The highest BCUT2D eigenvalue weighted by Crippen LogP contribution is 2.42. The monoisotopic (exact) mass is 487 g/mol. The predicted octanol–water partition coefficient (Wildman–Crippen LogP) is 3.62. The number of hydrogen-bond donors (Lipinski definition) is 3. The number of carbonyl (C=O) groups excluding carboxylic acids is 1. The number of aromatic nitrogens is 5. The molecule has 3 N–H and O–H groups in total. The molecule has 3 aromatic heterocycles. The van der Waals surface area contributed by atoms with E-state index in [0.717, 1.165) is 29.4 Å². The second-order valence-electron chi connectivity index (χ2n) is 8.82. The average Bonchev–Trinajstić information content (AvgIpc) is 3.48. The number of hydrogen-bond acceptors (Lipinski definition) is 6. The first-order valence-corrected chi connectivity index (χ1v) is 11.3. The van der Waals surface area contributed by atoms with Gasteiger partial charge in [0.2, 0.25) is 0 Å². The van der Waals surface area contributed by atoms with Crippen LogP contribution >= 0.6 is 0 Å². The van der Waals surface area contributed by atoms with Crippen molar-refractivity contribution in [1.29, 1.82) is 0 Å². The summed E-state index contributed by atoms with van der Waals surface area (Å²) in [5, 5.41) is 14.1. The van der Waals surface area contributed by atoms with Crippen molar-refractivity contribution in [3.05, 3.63) is 40.8 Å². The van der Waals surface area contributed by atoms with Crippen LogP contribution in [0.5, 0.6) is 0 Å². The quantitative estimate of drug-likeness (QED) is 0.283. The number of fused-ring (bicyclic) bond motifs is 5. The van der Waals surface area contributed by atoms with Gasteiger partial charge >= 0.3 is 6.18 Å². The Labute approximate surface area is 198 Å². The molecule has 0 saturated carbocycles. The van der Waals surface area contributed by atoms with Crippen LogP contribution in [0.15, 0.2) is 18.3 Å². The van der Waals surface area contributed by atoms with Gasteiger partial charge in [-0.3, -0.25) is 19.8 Å². The zero-order valence-corrected chi connectivity index (χ0v) is 19.2. The van der Waals surface area contributed by atoms with E-state index < -0.39 is 17.8 Å². The van der Waals surface area contributed by atoms with Gasteiger partial charge in [-0.15, -0.1) is 0 Å². The number of H-pyrrole nitrogens is 2. The Morgan fingerprint density at radius 1 is 1.14 bits per heavy atom. The van der Waals surface area contributed by atoms with Gasteiger partial charge in [-0.05, 0) is 63.0 Å². The van der Waals surface area contributed by atoms with E-state index in [1.54, 1.807) is 12.1 Å². The summed E-state index contributed by atoms with van der Waals surface area (Å²) in [7, 11) is 3.79. The molecule has 0 aliphatic heterocycles. The predicted molar refractivity (Wildman–Crippen MR) is 123 cm³/mol. The highest BCUT2D eigenvalue weighted by molar-refractivity contribution is 6.16. The Hall–Kier alpha value is -3.51. The molecule has 1 aliphatic rings. The Morgan fingerprint density at radius 3 is 2.66 bits per heavy atom. The first-order valence-electron chi connectivity index (χ1n) is 11.3. The molecule has 0 radical (unpaired) electrons. The van der Waals surface area contributed by atoms with Crippen molar-refractivity contribution in [1.82, 2.24) is 35.8 Å². The van der Waals surface area contributed by atoms with Crippen LogP contribution in [0.2, 0.25) is 0 Å². The minimum atomic E-state index is -4.59. The second kappa shape index (κ2) is 8.93. The first kappa shape index (κ1) is 23.2. The third-order valence-electron chi connectivity index (χ3n) is 6.19. The summed E-state index contributed by atoms with van der Waals surface area (Å²) in [5.41, 5.74) is 4.63. The maximum atomic E-state index is 13.6. The molecule has 0 saturated heterocycles. The van der Waals surface area contributed by atoms with Crippen molar-refractivity contribution < 1.29 is 22.8 Å². The number of nitrogens with one attached hydrogen (secondary N) is 3. The molecule has 0 atom stereocenters. The number of pyridine rings is 1. The van der Waals surface area contributed by atoms with Gasteiger partial charge in [-0.1, -0.05) is 0 Å². The number of likely N-dealkylation sites (N-methyl/N-ethyl adjacent to an activating group) is 1. The van der Waals surface area contributed by atoms with Crippen LogP contribution < -0.4 is 5.48 Å². The van der Waals surface area contributed by atoms with Gasteiger partial charge in [0.25, 0.3) is 5.91 Å². The maximum Gasteiger partial charge on any atom is 0.433 e. The largest absolute Gasteiger partial charge is 0.433 e. The van der Waals surface area contributed by atoms with E-state index in [9.17, 15) is 18.0 Å². The lowest BCUT2D eigenvalue weighted by Crippen LogP contribution is -2.28. The van der Waals surface area contributed by atoms with E-state index in [2.05, 4.69) is 30.9 Å². The molecule has 184 valence electrons. The van der Waals surface area contributed by atoms with Gasteiger partial charge in [-0.2, -0.15) is 23.4 Å². The van der Waals surface area contributed by atoms with Gasteiger partial charge in [0.05, 0.1) is 35.1 Å². The van der Waals surface area contributed by atoms with Crippen molar-refractivity contribution >= 4 is 27.7 Å². The van der Waals surface area contributed by atoms with E-state index in [4.69, 9.17) is 4.84 Å². The van der Waals surface area contributed by atoms with Gasteiger partial charge in [0.15, 0.2) is 5.69 Å². The van der Waals surface area contributed by atoms with Gasteiger partial charge in [-0.25, -0.2) is 10.5 Å². The van der Waals surface area contributed by atoms with Crippen molar-refractivity contribution in [3.8, 4) is 11.3 Å². The first-order chi connectivity index (χ1) is 16.8. The molecule has 12 heteroatoms. The number of carbonyl (C=O) groups is 1. The fourth-order valence-electron chi connectivity index (χ4n) is 4.59. The van der Waals surface area contributed by atoms with E-state index >= 15 is 0 Å². The summed E-state index contributed by atoms with van der Waals surface area (Å²) < 4.78 is 40.9. The summed E-state index contributed by atoms with van der Waals surface area (Å²) in [4.78, 5) is 24.8. The number of hydroxylamine groups is 1. The summed E-state index contributed by atoms with van der Waals surface area (Å²) in [6.45, 7) is 0.924. The average molecular weight is 487 g/mol. The number of rotatable bonds is 6. The van der Waals surface area contributed by atoms with Crippen molar-refractivity contribution in [2.24, 2.45) is 0 Å². The van der Waals surface area contributed by atoms with Gasteiger partial charge in [0.1, 0.15) is 5.69 Å². The zero-order chi connectivity index (χ0) is 24.7. The standard InChI is InChI=1S/C23H24F3N7O2/c1-33(2)9-10-35-32-22(34)20-18-16(29-30-20)8-7-15-17(18)12-5-3-4-6-13(12)19(28-15)14-11-27-31-21(14)23(24,25)26/h7-8,11H,3-6,9-10H2,1-2H3,(H,27,31)(H,29,30)(H,32,34). The van der Waals surface area contributed by atoms with Crippen LogP contribution in [-0.4, -0.2) is 63.4 Å². The molecule has 35 heavy (non-hydrogen) atoms. The van der Waals surface area contributed by atoms with Crippen molar-refractivity contribution in [3.63, 3.8) is 0 Å². The molecule has 0 unspecified atom stereocenters.